The van der Waals surface area contributed by atoms with E-state index in [9.17, 15) is 8.78 Å². The van der Waals surface area contributed by atoms with E-state index in [0.29, 0.717) is 0 Å². The molecule has 2 nitrogen and oxygen atoms in total. The van der Waals surface area contributed by atoms with Gasteiger partial charge >= 0.3 is 0 Å². The van der Waals surface area contributed by atoms with Crippen LogP contribution in [-0.4, -0.2) is 19.1 Å². The van der Waals surface area contributed by atoms with Gasteiger partial charge in [-0.05, 0) is 30.7 Å². The molecule has 4 heteroatoms. The van der Waals surface area contributed by atoms with Gasteiger partial charge in [0.15, 0.2) is 11.6 Å². The Balaban J connectivity index is 2.24. The number of hydrogen-bond donors (Lipinski definition) is 2. The number of piperidine rings is 1. The van der Waals surface area contributed by atoms with Gasteiger partial charge in [0.25, 0.3) is 0 Å². The molecule has 0 unspecified atom stereocenters. The summed E-state index contributed by atoms with van der Waals surface area (Å²) in [6.45, 7) is 1.60. The van der Waals surface area contributed by atoms with Gasteiger partial charge in [-0.1, -0.05) is 6.07 Å². The van der Waals surface area contributed by atoms with Crippen LogP contribution in [0.15, 0.2) is 18.2 Å². The van der Waals surface area contributed by atoms with E-state index in [4.69, 9.17) is 5.73 Å². The van der Waals surface area contributed by atoms with Gasteiger partial charge in [0.2, 0.25) is 0 Å². The van der Waals surface area contributed by atoms with Gasteiger partial charge < -0.3 is 11.1 Å². The lowest BCUT2D eigenvalue weighted by molar-refractivity contribution is 0.400. The maximum atomic E-state index is 13.0. The van der Waals surface area contributed by atoms with E-state index in [1.807, 2.05) is 0 Å². The minimum atomic E-state index is -0.804. The highest BCUT2D eigenvalue weighted by atomic mass is 19.2. The van der Waals surface area contributed by atoms with Crippen LogP contribution in [0.1, 0.15) is 17.9 Å². The Bertz CT molecular complexity index is 354. The molecule has 1 heterocycles. The predicted octanol–water partition coefficient (Wildman–Crippen LogP) is 1.37. The number of rotatable bonds is 1. The van der Waals surface area contributed by atoms with Crippen LogP contribution in [0.25, 0.3) is 0 Å². The van der Waals surface area contributed by atoms with Crippen molar-refractivity contribution in [2.75, 3.05) is 13.1 Å². The summed E-state index contributed by atoms with van der Waals surface area (Å²) in [5, 5.41) is 3.17. The van der Waals surface area contributed by atoms with Crippen molar-refractivity contribution in [1.82, 2.24) is 5.32 Å². The van der Waals surface area contributed by atoms with Crippen molar-refractivity contribution in [3.63, 3.8) is 0 Å². The van der Waals surface area contributed by atoms with Crippen LogP contribution in [0, 0.1) is 11.6 Å². The molecule has 1 aliphatic rings. The van der Waals surface area contributed by atoms with Gasteiger partial charge in [-0.2, -0.15) is 0 Å². The van der Waals surface area contributed by atoms with Crippen LogP contribution in [0.3, 0.4) is 0 Å². The van der Waals surface area contributed by atoms with E-state index in [0.717, 1.165) is 25.1 Å². The van der Waals surface area contributed by atoms with Gasteiger partial charge in [-0.3, -0.25) is 0 Å². The molecular weight excluding hydrogens is 198 g/mol. The zero-order valence-electron chi connectivity index (χ0n) is 8.34. The number of nitrogens with two attached hydrogens (primary N) is 1. The molecule has 3 N–H and O–H groups in total. The summed E-state index contributed by atoms with van der Waals surface area (Å²) >= 11 is 0. The van der Waals surface area contributed by atoms with E-state index in [-0.39, 0.29) is 12.0 Å². The quantitative estimate of drug-likeness (QED) is 0.737. The van der Waals surface area contributed by atoms with Gasteiger partial charge in [0.05, 0.1) is 0 Å². The first-order valence-corrected chi connectivity index (χ1v) is 5.09. The second-order valence-electron chi connectivity index (χ2n) is 3.94. The molecule has 0 bridgehead atoms. The molecule has 1 aliphatic heterocycles. The molecule has 0 aromatic heterocycles. The average Bonchev–Trinajstić information content (AvgIpc) is 2.23. The molecule has 1 fully saturated rings. The minimum Gasteiger partial charge on any atom is -0.326 e. The molecule has 1 saturated heterocycles. The highest BCUT2D eigenvalue weighted by Crippen LogP contribution is 2.25. The van der Waals surface area contributed by atoms with E-state index >= 15 is 0 Å². The second-order valence-corrected chi connectivity index (χ2v) is 3.94. The molecule has 1 aromatic carbocycles. The van der Waals surface area contributed by atoms with Gasteiger partial charge in [-0.15, -0.1) is 0 Å². The molecule has 0 amide bonds. The van der Waals surface area contributed by atoms with Crippen LogP contribution in [0.5, 0.6) is 0 Å². The first-order valence-electron chi connectivity index (χ1n) is 5.09. The lowest BCUT2D eigenvalue weighted by Gasteiger charge is -2.29. The Labute approximate surface area is 87.5 Å². The maximum Gasteiger partial charge on any atom is 0.159 e. The maximum absolute atomic E-state index is 13.0. The fraction of sp³-hybridized carbons (Fsp3) is 0.455. The third kappa shape index (κ3) is 2.16. The van der Waals surface area contributed by atoms with Crippen LogP contribution < -0.4 is 11.1 Å². The lowest BCUT2D eigenvalue weighted by atomic mass is 9.86. The second kappa shape index (κ2) is 4.24. The van der Waals surface area contributed by atoms with Crippen LogP contribution in [0.2, 0.25) is 0 Å². The topological polar surface area (TPSA) is 38.0 Å². The standard InChI is InChI=1S/C11H14F2N2/c12-9-2-1-7(5-10(9)13)8-3-4-15-6-11(8)14/h1-2,5,8,11,15H,3-4,6,14H2/t8-,11-/m1/s1. The number of hydrogen-bond acceptors (Lipinski definition) is 2. The Morgan fingerprint density at radius 1 is 1.27 bits per heavy atom. The van der Waals surface area contributed by atoms with Crippen molar-refractivity contribution in [3.05, 3.63) is 35.4 Å². The highest BCUT2D eigenvalue weighted by molar-refractivity contribution is 5.24. The number of nitrogens with one attached hydrogen (secondary N) is 1. The summed E-state index contributed by atoms with van der Waals surface area (Å²) in [7, 11) is 0. The summed E-state index contributed by atoms with van der Waals surface area (Å²) in [5.41, 5.74) is 6.71. The summed E-state index contributed by atoms with van der Waals surface area (Å²) in [6, 6.07) is 4.02. The molecule has 1 aromatic rings. The van der Waals surface area contributed by atoms with E-state index in [2.05, 4.69) is 5.32 Å². The average molecular weight is 212 g/mol. The van der Waals surface area contributed by atoms with E-state index < -0.39 is 11.6 Å². The summed E-state index contributed by atoms with van der Waals surface area (Å²) in [5.74, 6) is -1.47. The van der Waals surface area contributed by atoms with E-state index in [1.165, 1.54) is 12.1 Å². The minimum absolute atomic E-state index is 0.0244. The molecule has 0 spiro atoms. The van der Waals surface area contributed by atoms with Crippen molar-refractivity contribution >= 4 is 0 Å². The Morgan fingerprint density at radius 2 is 2.07 bits per heavy atom. The fourth-order valence-electron chi connectivity index (χ4n) is 2.04. The first-order chi connectivity index (χ1) is 7.18. The number of halogens is 2. The molecule has 0 aliphatic carbocycles. The zero-order valence-corrected chi connectivity index (χ0v) is 8.34. The van der Waals surface area contributed by atoms with Crippen molar-refractivity contribution in [3.8, 4) is 0 Å². The van der Waals surface area contributed by atoms with Crippen molar-refractivity contribution < 1.29 is 8.78 Å². The molecule has 0 saturated carbocycles. The molecule has 2 rings (SSSR count). The summed E-state index contributed by atoms with van der Waals surface area (Å²) < 4.78 is 25.8. The number of benzene rings is 1. The zero-order chi connectivity index (χ0) is 10.8. The van der Waals surface area contributed by atoms with Gasteiger partial charge in [0, 0.05) is 18.5 Å². The monoisotopic (exact) mass is 212 g/mol. The molecule has 82 valence electrons. The van der Waals surface area contributed by atoms with Crippen LogP contribution in [-0.2, 0) is 0 Å². The SMILES string of the molecule is N[C@@H]1CNCC[C@@H]1c1ccc(F)c(F)c1. The van der Waals surface area contributed by atoms with Crippen molar-refractivity contribution in [2.45, 2.75) is 18.4 Å². The molecular formula is C11H14F2N2. The predicted molar refractivity (Wildman–Crippen MR) is 54.6 cm³/mol. The molecule has 0 radical (unpaired) electrons. The third-order valence-corrected chi connectivity index (χ3v) is 2.90. The normalized spacial score (nSPS) is 26.6. The third-order valence-electron chi connectivity index (χ3n) is 2.90. The highest BCUT2D eigenvalue weighted by Gasteiger charge is 2.23. The van der Waals surface area contributed by atoms with Crippen LogP contribution >= 0.6 is 0 Å². The molecule has 2 atom stereocenters. The van der Waals surface area contributed by atoms with Crippen molar-refractivity contribution in [1.29, 1.82) is 0 Å². The Hall–Kier alpha value is -1.00. The Morgan fingerprint density at radius 3 is 2.73 bits per heavy atom. The van der Waals surface area contributed by atoms with Gasteiger partial charge in [0.1, 0.15) is 0 Å². The Kier molecular flexibility index (Phi) is 2.98. The first kappa shape index (κ1) is 10.5. The van der Waals surface area contributed by atoms with Crippen LogP contribution in [0.4, 0.5) is 8.78 Å². The summed E-state index contributed by atoms with van der Waals surface area (Å²) in [6.07, 6.45) is 0.867. The summed E-state index contributed by atoms with van der Waals surface area (Å²) in [4.78, 5) is 0. The fourth-order valence-corrected chi connectivity index (χ4v) is 2.04. The lowest BCUT2D eigenvalue weighted by Crippen LogP contribution is -2.44. The largest absolute Gasteiger partial charge is 0.326 e. The molecule has 15 heavy (non-hydrogen) atoms. The van der Waals surface area contributed by atoms with Gasteiger partial charge in [-0.25, -0.2) is 8.78 Å². The van der Waals surface area contributed by atoms with E-state index in [1.54, 1.807) is 6.07 Å². The van der Waals surface area contributed by atoms with Crippen molar-refractivity contribution in [2.24, 2.45) is 5.73 Å². The smallest absolute Gasteiger partial charge is 0.159 e.